The van der Waals surface area contributed by atoms with Gasteiger partial charge in [-0.15, -0.1) is 0 Å². The van der Waals surface area contributed by atoms with Gasteiger partial charge in [0.1, 0.15) is 98.9 Å². The number of benzene rings is 4. The summed E-state index contributed by atoms with van der Waals surface area (Å²) in [5, 5.41) is 0. The first-order valence-corrected chi connectivity index (χ1v) is 42.6. The number of nitrogens with two attached hydrogens (primary N) is 8. The Morgan fingerprint density at radius 1 is 0.183 bits per heavy atom. The van der Waals surface area contributed by atoms with Gasteiger partial charge in [0.05, 0.1) is 0 Å². The number of ether oxygens (including phenoxy) is 8. The van der Waals surface area contributed by atoms with Gasteiger partial charge in [-0.2, -0.15) is 0 Å². The molecular formula is C88H152N8O8. The fourth-order valence-electron chi connectivity index (χ4n) is 15.5. The molecule has 0 saturated heterocycles. The quantitative estimate of drug-likeness (QED) is 0.0191. The van der Waals surface area contributed by atoms with Gasteiger partial charge in [-0.1, -0.05) is 259 Å². The maximum atomic E-state index is 7.06. The van der Waals surface area contributed by atoms with E-state index in [-0.39, 0.29) is 23.7 Å². The van der Waals surface area contributed by atoms with E-state index in [1.54, 1.807) is 0 Å². The Hall–Kier alpha value is -5.04. The first kappa shape index (κ1) is 89.6. The smallest absolute Gasteiger partial charge is 0.126 e. The van der Waals surface area contributed by atoms with Crippen molar-refractivity contribution in [1.29, 1.82) is 0 Å². The summed E-state index contributed by atoms with van der Waals surface area (Å²) in [5.74, 6) is 4.73. The van der Waals surface area contributed by atoms with E-state index in [0.717, 1.165) is 193 Å². The third-order valence-corrected chi connectivity index (χ3v) is 21.0. The maximum Gasteiger partial charge on any atom is 0.126 e. The lowest BCUT2D eigenvalue weighted by Gasteiger charge is -2.32. The van der Waals surface area contributed by atoms with Crippen LogP contribution in [0.3, 0.4) is 0 Å². The highest BCUT2D eigenvalue weighted by molar-refractivity contribution is 5.63. The van der Waals surface area contributed by atoms with E-state index in [9.17, 15) is 0 Å². The zero-order valence-electron chi connectivity index (χ0n) is 66.4. The molecule has 0 aromatic heterocycles. The Morgan fingerprint density at radius 2 is 0.308 bits per heavy atom. The minimum absolute atomic E-state index is 0.258. The molecule has 1 aliphatic rings. The van der Waals surface area contributed by atoms with Crippen LogP contribution in [0.25, 0.3) is 0 Å². The van der Waals surface area contributed by atoms with Crippen molar-refractivity contribution in [3.63, 3.8) is 0 Å². The fourth-order valence-corrected chi connectivity index (χ4v) is 15.5. The largest absolute Gasteiger partial charge is 0.492 e. The van der Waals surface area contributed by atoms with Crippen molar-refractivity contribution in [2.45, 2.75) is 308 Å². The molecular weight excluding hydrogens is 1300 g/mol. The van der Waals surface area contributed by atoms with Gasteiger partial charge in [0.25, 0.3) is 0 Å². The van der Waals surface area contributed by atoms with Crippen molar-refractivity contribution in [3.05, 3.63) is 93.0 Å². The highest BCUT2D eigenvalue weighted by Gasteiger charge is 2.36. The predicted octanol–water partition coefficient (Wildman–Crippen LogP) is 18.9. The summed E-state index contributed by atoms with van der Waals surface area (Å²) in [7, 11) is 0. The van der Waals surface area contributed by atoms with Gasteiger partial charge in [0.15, 0.2) is 0 Å². The summed E-state index contributed by atoms with van der Waals surface area (Å²) in [6.45, 7) is 14.1. The van der Waals surface area contributed by atoms with E-state index in [1.165, 1.54) is 154 Å². The second kappa shape index (κ2) is 57.1. The number of unbranched alkanes of at least 4 members (excludes halogenated alkanes) is 32. The summed E-state index contributed by atoms with van der Waals surface area (Å²) in [6, 6.07) is 18.3. The molecule has 592 valence electrons. The zero-order valence-corrected chi connectivity index (χ0v) is 66.4. The lowest BCUT2D eigenvalue weighted by atomic mass is 9.76. The summed E-state index contributed by atoms with van der Waals surface area (Å²) in [6.07, 6.45) is 46.2. The van der Waals surface area contributed by atoms with E-state index >= 15 is 0 Å². The van der Waals surface area contributed by atoms with Crippen LogP contribution in [0, 0.1) is 0 Å². The average molecular weight is 1450 g/mol. The van der Waals surface area contributed by atoms with Gasteiger partial charge in [-0.25, -0.2) is 0 Å². The van der Waals surface area contributed by atoms with Gasteiger partial charge in [0, 0.05) is 145 Å². The Labute approximate surface area is 633 Å². The molecule has 104 heavy (non-hydrogen) atoms. The van der Waals surface area contributed by atoms with E-state index in [0.29, 0.717) is 105 Å². The Bertz CT molecular complexity index is 2330. The first-order valence-electron chi connectivity index (χ1n) is 42.6. The molecule has 1 aliphatic carbocycles. The molecule has 16 N–H and O–H groups in total. The molecule has 4 aromatic rings. The Morgan fingerprint density at radius 3 is 0.433 bits per heavy atom. The van der Waals surface area contributed by atoms with Gasteiger partial charge in [0.2, 0.25) is 0 Å². The van der Waals surface area contributed by atoms with Gasteiger partial charge < -0.3 is 83.8 Å². The zero-order chi connectivity index (χ0) is 74.5. The maximum absolute atomic E-state index is 7.06. The molecule has 0 heterocycles. The second-order valence-corrected chi connectivity index (χ2v) is 29.5. The molecule has 16 heteroatoms. The summed E-state index contributed by atoms with van der Waals surface area (Å²) in [4.78, 5) is 0. The molecule has 0 saturated carbocycles. The lowest BCUT2D eigenvalue weighted by molar-refractivity contribution is 0.298. The van der Waals surface area contributed by atoms with Crippen LogP contribution in [0.2, 0.25) is 0 Å². The van der Waals surface area contributed by atoms with E-state index < -0.39 is 0 Å². The normalized spacial score (nSPS) is 15.0. The van der Waals surface area contributed by atoms with E-state index in [1.807, 2.05) is 0 Å². The topological polar surface area (TPSA) is 282 Å². The van der Waals surface area contributed by atoms with Crippen LogP contribution >= 0.6 is 0 Å². The molecule has 0 amide bonds. The van der Waals surface area contributed by atoms with Crippen LogP contribution in [0.15, 0.2) is 48.5 Å². The predicted molar refractivity (Wildman–Crippen MR) is 437 cm³/mol. The highest BCUT2D eigenvalue weighted by Crippen LogP contribution is 2.54. The highest BCUT2D eigenvalue weighted by atomic mass is 16.5. The summed E-state index contributed by atoms with van der Waals surface area (Å²) < 4.78 is 56.5. The molecule has 0 aliphatic heterocycles. The van der Waals surface area contributed by atoms with Crippen molar-refractivity contribution >= 4 is 0 Å². The second-order valence-electron chi connectivity index (χ2n) is 29.5. The van der Waals surface area contributed by atoms with E-state index in [4.69, 9.17) is 83.8 Å². The van der Waals surface area contributed by atoms with Crippen molar-refractivity contribution in [3.8, 4) is 46.0 Å². The molecule has 0 radical (unpaired) electrons. The monoisotopic (exact) mass is 1450 g/mol. The van der Waals surface area contributed by atoms with Crippen LogP contribution in [0.4, 0.5) is 0 Å². The van der Waals surface area contributed by atoms with Gasteiger partial charge >= 0.3 is 0 Å². The molecule has 0 unspecified atom stereocenters. The minimum atomic E-state index is -0.258. The van der Waals surface area contributed by atoms with Crippen molar-refractivity contribution in [2.75, 3.05) is 105 Å². The number of rotatable bonds is 64. The fraction of sp³-hybridized carbons (Fsp3) is 0.727. The van der Waals surface area contributed by atoms with Crippen LogP contribution in [0.1, 0.15) is 353 Å². The first-order chi connectivity index (χ1) is 51.2. The number of hydrogen-bond donors (Lipinski definition) is 8. The van der Waals surface area contributed by atoms with Crippen LogP contribution in [-0.4, -0.2) is 105 Å². The lowest BCUT2D eigenvalue weighted by Crippen LogP contribution is -2.20. The Balaban J connectivity index is 2.08. The minimum Gasteiger partial charge on any atom is -0.492 e. The molecule has 8 bridgehead atoms. The van der Waals surface area contributed by atoms with Gasteiger partial charge in [-0.05, 0) is 49.9 Å². The molecule has 0 fully saturated rings. The molecule has 0 atom stereocenters. The van der Waals surface area contributed by atoms with Crippen molar-refractivity contribution < 1.29 is 37.9 Å². The molecule has 5 rings (SSSR count). The molecule has 0 spiro atoms. The van der Waals surface area contributed by atoms with Crippen LogP contribution in [-0.2, 0) is 0 Å². The third kappa shape index (κ3) is 32.0. The van der Waals surface area contributed by atoms with Gasteiger partial charge in [-0.3, -0.25) is 0 Å². The van der Waals surface area contributed by atoms with Crippen LogP contribution in [0.5, 0.6) is 46.0 Å². The molecule has 4 aromatic carbocycles. The Kier molecular flexibility index (Phi) is 49.2. The third-order valence-electron chi connectivity index (χ3n) is 21.0. The van der Waals surface area contributed by atoms with Crippen LogP contribution < -0.4 is 83.8 Å². The van der Waals surface area contributed by atoms with E-state index in [2.05, 4.69) is 76.2 Å². The number of hydrogen-bond acceptors (Lipinski definition) is 16. The SMILES string of the molecule is CCCCCCCCCCCC1c2cc(c(OCCN)cc2OCCN)C(CCCCCCCCCCC)c2cc(c(OCCN)cc2OCCN)C(CCCCCCCCCCC)c2cc(c(OCCN)cc2OCCN)C(CCCCCCCCCCC)c2cc1c(OCCN)cc2OCCN. The molecule has 16 nitrogen and oxygen atoms in total. The van der Waals surface area contributed by atoms with Crippen molar-refractivity contribution in [2.24, 2.45) is 45.9 Å². The number of fused-ring (bicyclic) bond motifs is 8. The average Bonchev–Trinajstić information content (AvgIpc) is 0.750. The van der Waals surface area contributed by atoms with Crippen molar-refractivity contribution in [1.82, 2.24) is 0 Å². The standard InChI is InChI=1S/C88H152N8O8/c1-5-9-13-17-21-25-29-33-37-41-69-73-61-75(83(99-55-47-91)65-81(73)97-53-45-89)70(42-38-34-30-26-22-18-14-10-6-2)77-63-79(87(103-59-51-95)67-85(77)101-57-49-93)72(44-40-36-32-28-24-20-16-12-8-4)80-64-78(86(102-58-50-94)68-88(80)104-60-52-96)71(43-39-35-31-27-23-19-15-11-7-3)76-62-74(69)82(98-54-46-90)66-84(76)100-56-48-92/h61-72H,5-60,89-96H2,1-4H3. The summed E-state index contributed by atoms with van der Waals surface area (Å²) >= 11 is 0. The summed E-state index contributed by atoms with van der Waals surface area (Å²) in [5.41, 5.74) is 60.2.